The molecule has 3 N–H and O–H groups in total. The highest BCUT2D eigenvalue weighted by atomic mass is 79.9. The average molecular weight is 355 g/mol. The molecule has 106 valence electrons. The van der Waals surface area contributed by atoms with Crippen LogP contribution in [0.15, 0.2) is 51.8 Å². The monoisotopic (exact) mass is 354 g/mol. The summed E-state index contributed by atoms with van der Waals surface area (Å²) in [6, 6.07) is 12.4. The molecule has 0 aliphatic carbocycles. The molecule has 0 heterocycles. The maximum Gasteiger partial charge on any atom is 0.242 e. The molecular weight excluding hydrogens is 340 g/mol. The lowest BCUT2D eigenvalue weighted by molar-refractivity contribution is 0.581. The van der Waals surface area contributed by atoms with Crippen LogP contribution in [-0.2, 0) is 16.6 Å². The largest absolute Gasteiger partial charge is 0.399 e. The lowest BCUT2D eigenvalue weighted by Gasteiger charge is -2.09. The van der Waals surface area contributed by atoms with Gasteiger partial charge in [-0.25, -0.2) is 13.1 Å². The lowest BCUT2D eigenvalue weighted by Crippen LogP contribution is -2.23. The van der Waals surface area contributed by atoms with E-state index in [1.165, 1.54) is 6.07 Å². The van der Waals surface area contributed by atoms with E-state index in [9.17, 15) is 8.42 Å². The maximum absolute atomic E-state index is 12.2. The summed E-state index contributed by atoms with van der Waals surface area (Å²) in [6.45, 7) is 2.22. The molecule has 0 fully saturated rings. The lowest BCUT2D eigenvalue weighted by atomic mass is 10.2. The minimum Gasteiger partial charge on any atom is -0.399 e. The number of halogens is 1. The molecule has 2 aromatic rings. The Kier molecular flexibility index (Phi) is 4.47. The van der Waals surface area contributed by atoms with Gasteiger partial charge in [-0.1, -0.05) is 29.8 Å². The fourth-order valence-electron chi connectivity index (χ4n) is 1.69. The summed E-state index contributed by atoms with van der Waals surface area (Å²) in [5, 5.41) is 0. The van der Waals surface area contributed by atoms with Crippen molar-refractivity contribution in [3.05, 3.63) is 58.1 Å². The van der Waals surface area contributed by atoms with Crippen molar-refractivity contribution in [2.24, 2.45) is 0 Å². The van der Waals surface area contributed by atoms with Crippen LogP contribution in [0.1, 0.15) is 11.1 Å². The molecule has 0 saturated carbocycles. The van der Waals surface area contributed by atoms with E-state index in [1.54, 1.807) is 12.1 Å². The zero-order valence-electron chi connectivity index (χ0n) is 10.9. The van der Waals surface area contributed by atoms with E-state index >= 15 is 0 Å². The summed E-state index contributed by atoms with van der Waals surface area (Å²) in [5.41, 5.74) is 8.08. The number of benzene rings is 2. The van der Waals surface area contributed by atoms with Crippen LogP contribution >= 0.6 is 15.9 Å². The van der Waals surface area contributed by atoms with E-state index in [0.717, 1.165) is 11.1 Å². The number of nitrogens with one attached hydrogen (secondary N) is 1. The molecule has 0 amide bonds. The van der Waals surface area contributed by atoms with Crippen molar-refractivity contribution >= 4 is 31.6 Å². The van der Waals surface area contributed by atoms with Gasteiger partial charge in [-0.15, -0.1) is 0 Å². The second kappa shape index (κ2) is 5.95. The maximum atomic E-state index is 12.2. The number of aryl methyl sites for hydroxylation is 1. The first kappa shape index (κ1) is 15.0. The third-order valence-electron chi connectivity index (χ3n) is 2.83. The van der Waals surface area contributed by atoms with Crippen LogP contribution in [0.4, 0.5) is 5.69 Å². The Bertz CT molecular complexity index is 712. The molecule has 2 rings (SSSR count). The van der Waals surface area contributed by atoms with E-state index in [0.29, 0.717) is 10.2 Å². The second-order valence-electron chi connectivity index (χ2n) is 4.50. The van der Waals surface area contributed by atoms with Gasteiger partial charge in [-0.05, 0) is 46.6 Å². The van der Waals surface area contributed by atoms with Crippen molar-refractivity contribution in [3.8, 4) is 0 Å². The molecule has 20 heavy (non-hydrogen) atoms. The van der Waals surface area contributed by atoms with Crippen LogP contribution in [0.3, 0.4) is 0 Å². The molecule has 0 bridgehead atoms. The first-order chi connectivity index (χ1) is 9.38. The number of sulfonamides is 1. The fraction of sp³-hybridized carbons (Fsp3) is 0.143. The highest BCUT2D eigenvalue weighted by molar-refractivity contribution is 9.10. The quantitative estimate of drug-likeness (QED) is 0.829. The van der Waals surface area contributed by atoms with Gasteiger partial charge in [0.1, 0.15) is 0 Å². The van der Waals surface area contributed by atoms with Gasteiger partial charge in [0, 0.05) is 16.7 Å². The summed E-state index contributed by atoms with van der Waals surface area (Å²) in [5.74, 6) is 0. The number of nitrogens with two attached hydrogens (primary N) is 1. The van der Waals surface area contributed by atoms with Gasteiger partial charge in [0.25, 0.3) is 0 Å². The molecule has 2 aromatic carbocycles. The van der Waals surface area contributed by atoms with Gasteiger partial charge >= 0.3 is 0 Å². The number of anilines is 1. The molecule has 4 nitrogen and oxygen atoms in total. The van der Waals surface area contributed by atoms with Gasteiger partial charge in [0.2, 0.25) is 10.0 Å². The van der Waals surface area contributed by atoms with Crippen LogP contribution < -0.4 is 10.5 Å². The average Bonchev–Trinajstić information content (AvgIpc) is 2.41. The van der Waals surface area contributed by atoms with Crippen LogP contribution in [0.5, 0.6) is 0 Å². The summed E-state index contributed by atoms with van der Waals surface area (Å²) >= 11 is 3.23. The van der Waals surface area contributed by atoms with Crippen LogP contribution in [0.25, 0.3) is 0 Å². The van der Waals surface area contributed by atoms with E-state index < -0.39 is 10.0 Å². The number of hydrogen-bond acceptors (Lipinski definition) is 3. The molecule has 0 aliphatic rings. The molecular formula is C14H15BrN2O2S. The van der Waals surface area contributed by atoms with Gasteiger partial charge in [-0.3, -0.25) is 0 Å². The summed E-state index contributed by atoms with van der Waals surface area (Å²) in [4.78, 5) is 0.143. The van der Waals surface area contributed by atoms with Crippen molar-refractivity contribution in [3.63, 3.8) is 0 Å². The Balaban J connectivity index is 2.19. The second-order valence-corrected chi connectivity index (χ2v) is 7.09. The topological polar surface area (TPSA) is 72.2 Å². The number of rotatable bonds is 4. The molecule has 0 saturated heterocycles. The molecule has 0 spiro atoms. The van der Waals surface area contributed by atoms with Gasteiger partial charge < -0.3 is 5.73 Å². The fourth-order valence-corrected chi connectivity index (χ4v) is 3.70. The Morgan fingerprint density at radius 2 is 1.80 bits per heavy atom. The van der Waals surface area contributed by atoms with Crippen molar-refractivity contribution in [2.45, 2.75) is 18.4 Å². The van der Waals surface area contributed by atoms with E-state index in [1.807, 2.05) is 31.2 Å². The molecule has 6 heteroatoms. The van der Waals surface area contributed by atoms with Crippen molar-refractivity contribution in [2.75, 3.05) is 5.73 Å². The predicted molar refractivity (Wildman–Crippen MR) is 83.8 cm³/mol. The third kappa shape index (κ3) is 3.59. The molecule has 0 unspecified atom stereocenters. The molecule has 0 atom stereocenters. The Morgan fingerprint density at radius 3 is 2.45 bits per heavy atom. The van der Waals surface area contributed by atoms with E-state index in [2.05, 4.69) is 20.7 Å². The zero-order chi connectivity index (χ0) is 14.8. The first-order valence-corrected chi connectivity index (χ1v) is 8.26. The standard InChI is InChI=1S/C14H15BrN2O2S/c1-10-2-4-11(5-3-10)9-17-20(18,19)14-8-12(16)6-7-13(14)15/h2-8,17H,9,16H2,1H3. The highest BCUT2D eigenvalue weighted by Gasteiger charge is 2.17. The minimum atomic E-state index is -3.60. The summed E-state index contributed by atoms with van der Waals surface area (Å²) < 4.78 is 27.6. The highest BCUT2D eigenvalue weighted by Crippen LogP contribution is 2.24. The third-order valence-corrected chi connectivity index (χ3v) is 5.23. The Morgan fingerprint density at radius 1 is 1.15 bits per heavy atom. The first-order valence-electron chi connectivity index (χ1n) is 5.99. The predicted octanol–water partition coefficient (Wildman–Crippen LogP) is 2.82. The molecule has 0 aliphatic heterocycles. The zero-order valence-corrected chi connectivity index (χ0v) is 13.3. The van der Waals surface area contributed by atoms with Crippen LogP contribution in [0.2, 0.25) is 0 Å². The van der Waals surface area contributed by atoms with E-state index in [-0.39, 0.29) is 11.4 Å². The number of hydrogen-bond donors (Lipinski definition) is 2. The van der Waals surface area contributed by atoms with Crippen molar-refractivity contribution < 1.29 is 8.42 Å². The van der Waals surface area contributed by atoms with Crippen LogP contribution in [0, 0.1) is 6.92 Å². The van der Waals surface area contributed by atoms with Crippen LogP contribution in [-0.4, -0.2) is 8.42 Å². The smallest absolute Gasteiger partial charge is 0.242 e. The SMILES string of the molecule is Cc1ccc(CNS(=O)(=O)c2cc(N)ccc2Br)cc1. The van der Waals surface area contributed by atoms with Crippen molar-refractivity contribution in [1.29, 1.82) is 0 Å². The molecule has 0 aromatic heterocycles. The minimum absolute atomic E-state index is 0.143. The van der Waals surface area contributed by atoms with Gasteiger partial charge in [-0.2, -0.15) is 0 Å². The van der Waals surface area contributed by atoms with Crippen molar-refractivity contribution in [1.82, 2.24) is 4.72 Å². The van der Waals surface area contributed by atoms with Gasteiger partial charge in [0.05, 0.1) is 4.90 Å². The van der Waals surface area contributed by atoms with E-state index in [4.69, 9.17) is 5.73 Å². The normalized spacial score (nSPS) is 11.5. The molecule has 0 radical (unpaired) electrons. The van der Waals surface area contributed by atoms with Gasteiger partial charge in [0.15, 0.2) is 0 Å². The number of nitrogen functional groups attached to an aromatic ring is 1. The Labute approximate surface area is 127 Å². The summed E-state index contributed by atoms with van der Waals surface area (Å²) in [7, 11) is -3.60. The summed E-state index contributed by atoms with van der Waals surface area (Å²) in [6.07, 6.45) is 0. The Hall–Kier alpha value is -1.37.